The lowest BCUT2D eigenvalue weighted by molar-refractivity contribution is -0.139. The second-order valence-corrected chi connectivity index (χ2v) is 9.42. The van der Waals surface area contributed by atoms with E-state index < -0.39 is 17.9 Å². The lowest BCUT2D eigenvalue weighted by Crippen LogP contribution is -2.33. The third kappa shape index (κ3) is 5.22. The quantitative estimate of drug-likeness (QED) is 0.429. The Bertz CT molecular complexity index is 1300. The van der Waals surface area contributed by atoms with E-state index in [0.29, 0.717) is 28.7 Å². The molecule has 1 amide bonds. The van der Waals surface area contributed by atoms with Crippen molar-refractivity contribution in [1.29, 1.82) is 0 Å². The van der Waals surface area contributed by atoms with Gasteiger partial charge in [0.25, 0.3) is 5.91 Å². The summed E-state index contributed by atoms with van der Waals surface area (Å²) in [6.45, 7) is 4.09. The van der Waals surface area contributed by atoms with Gasteiger partial charge in [0.15, 0.2) is 17.5 Å². The molecule has 0 radical (unpaired) electrons. The summed E-state index contributed by atoms with van der Waals surface area (Å²) in [6.07, 6.45) is 7.96. The Labute approximate surface area is 210 Å². The normalized spacial score (nSPS) is 14.8. The van der Waals surface area contributed by atoms with Gasteiger partial charge in [-0.3, -0.25) is 4.79 Å². The molecule has 3 aromatic rings. The van der Waals surface area contributed by atoms with Crippen molar-refractivity contribution in [3.8, 4) is 11.5 Å². The van der Waals surface area contributed by atoms with Crippen LogP contribution in [0.2, 0.25) is 0 Å². The van der Waals surface area contributed by atoms with Gasteiger partial charge >= 0.3 is 5.97 Å². The van der Waals surface area contributed by atoms with Crippen molar-refractivity contribution < 1.29 is 24.2 Å². The zero-order valence-corrected chi connectivity index (χ0v) is 21.2. The number of fused-ring (bicyclic) bond motifs is 1. The number of ether oxygens (including phenoxy) is 2. The summed E-state index contributed by atoms with van der Waals surface area (Å²) in [5.74, 6) is 0.0854. The zero-order chi connectivity index (χ0) is 25.8. The number of allylic oxidation sites excluding steroid dienone is 1. The van der Waals surface area contributed by atoms with E-state index in [1.807, 2.05) is 19.9 Å². The molecule has 1 atom stereocenters. The van der Waals surface area contributed by atoms with Crippen LogP contribution in [0.25, 0.3) is 17.1 Å². The molecule has 8 heteroatoms. The van der Waals surface area contributed by atoms with Crippen molar-refractivity contribution in [2.75, 3.05) is 14.2 Å². The molecule has 2 aromatic carbocycles. The van der Waals surface area contributed by atoms with Crippen LogP contribution in [-0.2, 0) is 4.79 Å². The Hall–Kier alpha value is -3.81. The van der Waals surface area contributed by atoms with Gasteiger partial charge in [0.05, 0.1) is 25.3 Å². The van der Waals surface area contributed by atoms with Crippen LogP contribution in [0.5, 0.6) is 11.5 Å². The number of benzene rings is 2. The molecule has 0 bridgehead atoms. The van der Waals surface area contributed by atoms with Gasteiger partial charge in [-0.15, -0.1) is 0 Å². The number of rotatable bonds is 8. The minimum atomic E-state index is -1.26. The molecular weight excluding hydrogens is 458 g/mol. The predicted molar refractivity (Wildman–Crippen MR) is 139 cm³/mol. The van der Waals surface area contributed by atoms with Crippen molar-refractivity contribution in [2.45, 2.75) is 58.0 Å². The number of amides is 1. The number of hydrogen-bond donors (Lipinski definition) is 2. The number of imidazole rings is 1. The summed E-state index contributed by atoms with van der Waals surface area (Å²) in [6, 6.07) is 9.29. The van der Waals surface area contributed by atoms with E-state index in [2.05, 4.69) is 16.0 Å². The average molecular weight is 492 g/mol. The van der Waals surface area contributed by atoms with Gasteiger partial charge in [-0.05, 0) is 68.7 Å². The standard InChI is InChI=1S/C28H33N3O5/c1-17(2)14-25-29-21-15-19(10-12-22(21)31(25)20-8-6-5-7-9-20)27(32)30-26(28(33)34)18-11-13-23(35-3)24(16-18)36-4/h10-16,20,26H,5-9H2,1-4H3,(H,30,32)(H,33,34). The lowest BCUT2D eigenvalue weighted by atomic mass is 9.95. The lowest BCUT2D eigenvalue weighted by Gasteiger charge is -2.25. The van der Waals surface area contributed by atoms with Crippen LogP contribution in [0.1, 0.15) is 79.8 Å². The second-order valence-electron chi connectivity index (χ2n) is 9.42. The first-order valence-corrected chi connectivity index (χ1v) is 12.2. The third-order valence-corrected chi connectivity index (χ3v) is 6.60. The monoisotopic (exact) mass is 491 g/mol. The second kappa shape index (κ2) is 10.8. The highest BCUT2D eigenvalue weighted by Gasteiger charge is 2.25. The minimum Gasteiger partial charge on any atom is -0.493 e. The summed E-state index contributed by atoms with van der Waals surface area (Å²) in [4.78, 5) is 30.0. The number of nitrogens with one attached hydrogen (secondary N) is 1. The van der Waals surface area contributed by atoms with Crippen LogP contribution in [0.4, 0.5) is 0 Å². The predicted octanol–water partition coefficient (Wildman–Crippen LogP) is 5.54. The molecule has 0 spiro atoms. The SMILES string of the molecule is COc1ccc(C(NC(=O)c2ccc3c(c2)nc(C=C(C)C)n3C2CCCCC2)C(=O)O)cc1OC. The molecule has 1 unspecified atom stereocenters. The maximum atomic E-state index is 13.1. The van der Waals surface area contributed by atoms with Crippen LogP contribution in [0.3, 0.4) is 0 Å². The maximum absolute atomic E-state index is 13.1. The first-order valence-electron chi connectivity index (χ1n) is 12.2. The average Bonchev–Trinajstić information content (AvgIpc) is 3.23. The number of methoxy groups -OCH3 is 2. The van der Waals surface area contributed by atoms with Crippen molar-refractivity contribution in [3.05, 3.63) is 58.9 Å². The largest absolute Gasteiger partial charge is 0.493 e. The topological polar surface area (TPSA) is 103 Å². The molecule has 1 aromatic heterocycles. The minimum absolute atomic E-state index is 0.353. The first-order chi connectivity index (χ1) is 17.3. The fraction of sp³-hybridized carbons (Fsp3) is 0.393. The van der Waals surface area contributed by atoms with Gasteiger partial charge in [-0.1, -0.05) is 30.9 Å². The number of carboxylic acid groups (broad SMARTS) is 1. The molecule has 0 saturated heterocycles. The molecule has 190 valence electrons. The molecule has 1 saturated carbocycles. The van der Waals surface area contributed by atoms with E-state index in [1.165, 1.54) is 33.5 Å². The number of aliphatic carboxylic acids is 1. The molecule has 1 aliphatic rings. The fourth-order valence-electron chi connectivity index (χ4n) is 4.88. The summed E-state index contributed by atoms with van der Waals surface area (Å²) in [5.41, 5.74) is 3.59. The summed E-state index contributed by atoms with van der Waals surface area (Å²) in [7, 11) is 2.98. The molecule has 2 N–H and O–H groups in total. The van der Waals surface area contributed by atoms with Gasteiger partial charge in [0.2, 0.25) is 0 Å². The number of hydrogen-bond acceptors (Lipinski definition) is 5. The maximum Gasteiger partial charge on any atom is 0.330 e. The Balaban J connectivity index is 1.66. The Morgan fingerprint density at radius 3 is 2.42 bits per heavy atom. The van der Waals surface area contributed by atoms with Crippen LogP contribution < -0.4 is 14.8 Å². The van der Waals surface area contributed by atoms with Crippen LogP contribution in [0, 0.1) is 0 Å². The summed E-state index contributed by atoms with van der Waals surface area (Å²) < 4.78 is 12.8. The Kier molecular flexibility index (Phi) is 7.62. The van der Waals surface area contributed by atoms with E-state index in [1.54, 1.807) is 30.3 Å². The molecule has 1 aliphatic carbocycles. The van der Waals surface area contributed by atoms with Gasteiger partial charge in [0, 0.05) is 11.6 Å². The van der Waals surface area contributed by atoms with Crippen molar-refractivity contribution >= 4 is 29.0 Å². The molecular formula is C28H33N3O5. The number of carboxylic acids is 1. The van der Waals surface area contributed by atoms with E-state index in [9.17, 15) is 14.7 Å². The van der Waals surface area contributed by atoms with E-state index >= 15 is 0 Å². The third-order valence-electron chi connectivity index (χ3n) is 6.60. The van der Waals surface area contributed by atoms with Gasteiger partial charge in [-0.25, -0.2) is 9.78 Å². The number of carbonyl (C=O) groups is 2. The fourth-order valence-corrected chi connectivity index (χ4v) is 4.88. The Morgan fingerprint density at radius 1 is 1.06 bits per heavy atom. The van der Waals surface area contributed by atoms with Crippen molar-refractivity contribution in [1.82, 2.24) is 14.9 Å². The molecule has 0 aliphatic heterocycles. The number of aromatic nitrogens is 2. The summed E-state index contributed by atoms with van der Waals surface area (Å²) in [5, 5.41) is 12.5. The van der Waals surface area contributed by atoms with Gasteiger partial charge in [-0.2, -0.15) is 0 Å². The number of nitrogens with zero attached hydrogens (tertiary/aromatic N) is 2. The molecule has 8 nitrogen and oxygen atoms in total. The molecule has 1 fully saturated rings. The molecule has 1 heterocycles. The first kappa shape index (κ1) is 25.3. The highest BCUT2D eigenvalue weighted by molar-refractivity contribution is 5.99. The van der Waals surface area contributed by atoms with Crippen LogP contribution in [-0.4, -0.2) is 40.8 Å². The van der Waals surface area contributed by atoms with Crippen LogP contribution >= 0.6 is 0 Å². The van der Waals surface area contributed by atoms with E-state index in [0.717, 1.165) is 35.3 Å². The van der Waals surface area contributed by atoms with Crippen molar-refractivity contribution in [3.63, 3.8) is 0 Å². The smallest absolute Gasteiger partial charge is 0.330 e. The van der Waals surface area contributed by atoms with Gasteiger partial charge in [0.1, 0.15) is 5.82 Å². The molecule has 36 heavy (non-hydrogen) atoms. The highest BCUT2D eigenvalue weighted by atomic mass is 16.5. The van der Waals surface area contributed by atoms with E-state index in [-0.39, 0.29) is 0 Å². The Morgan fingerprint density at radius 2 is 1.78 bits per heavy atom. The van der Waals surface area contributed by atoms with Crippen LogP contribution in [0.15, 0.2) is 42.0 Å². The summed E-state index contributed by atoms with van der Waals surface area (Å²) >= 11 is 0. The van der Waals surface area contributed by atoms with Gasteiger partial charge < -0.3 is 24.5 Å². The molecule has 4 rings (SSSR count). The highest BCUT2D eigenvalue weighted by Crippen LogP contribution is 2.34. The number of carbonyl (C=O) groups excluding carboxylic acids is 1. The van der Waals surface area contributed by atoms with E-state index in [4.69, 9.17) is 14.5 Å². The zero-order valence-electron chi connectivity index (χ0n) is 21.2. The van der Waals surface area contributed by atoms with Crippen molar-refractivity contribution in [2.24, 2.45) is 0 Å².